The van der Waals surface area contributed by atoms with Crippen LogP contribution in [0.1, 0.15) is 36.0 Å². The topological polar surface area (TPSA) is 114 Å². The van der Waals surface area contributed by atoms with Crippen molar-refractivity contribution < 1.29 is 57.6 Å². The van der Waals surface area contributed by atoms with Gasteiger partial charge in [-0.25, -0.2) is 14.4 Å². The second-order valence-electron chi connectivity index (χ2n) is 8.24. The van der Waals surface area contributed by atoms with E-state index in [1.54, 1.807) is 60.7 Å². The average Bonchev–Trinajstić information content (AvgIpc) is 3.06. The molecule has 3 aromatic rings. The second-order valence-corrected chi connectivity index (χ2v) is 8.24. The van der Waals surface area contributed by atoms with Gasteiger partial charge >= 0.3 is 37.4 Å². The predicted molar refractivity (Wildman–Crippen MR) is 154 cm³/mol. The molecule has 0 unspecified atom stereocenters. The summed E-state index contributed by atoms with van der Waals surface area (Å²) in [4.78, 5) is 33.6. The van der Waals surface area contributed by atoms with Gasteiger partial charge < -0.3 is 23.7 Å². The number of ether oxygens (including phenoxy) is 5. The summed E-state index contributed by atoms with van der Waals surface area (Å²) in [5.74, 6) is 0.746. The van der Waals surface area contributed by atoms with Crippen molar-refractivity contribution in [3.63, 3.8) is 0 Å². The molecule has 0 saturated carbocycles. The molecule has 0 amide bonds. The van der Waals surface area contributed by atoms with Crippen molar-refractivity contribution in [1.29, 1.82) is 0 Å². The van der Waals surface area contributed by atoms with Gasteiger partial charge in [-0.05, 0) is 49.9 Å². The van der Waals surface area contributed by atoms with Gasteiger partial charge in [0.1, 0.15) is 5.75 Å². The van der Waals surface area contributed by atoms with Gasteiger partial charge in [-0.1, -0.05) is 13.2 Å². The minimum atomic E-state index is -0.429. The van der Waals surface area contributed by atoms with Crippen LogP contribution in [0.2, 0.25) is 0 Å². The Bertz CT molecular complexity index is 1220. The SMILES string of the molecule is C=CC(=O)OCCCCOc1cc[c-]cc1.C=CC(=O)OCCCCOc1ccc(C(=O)Oc2cc[c-]cc2)cc1.[O]=[Co]. The van der Waals surface area contributed by atoms with E-state index in [1.807, 2.05) is 12.1 Å². The van der Waals surface area contributed by atoms with Crippen molar-refractivity contribution in [3.8, 4) is 17.2 Å². The summed E-state index contributed by atoms with van der Waals surface area (Å²) in [6.07, 6.45) is 5.40. The molecule has 0 aromatic heterocycles. The van der Waals surface area contributed by atoms with Crippen LogP contribution in [0.5, 0.6) is 17.2 Å². The quantitative estimate of drug-likeness (QED) is 0.0630. The zero-order valence-corrected chi connectivity index (χ0v) is 24.7. The molecule has 0 heterocycles. The first-order valence-electron chi connectivity index (χ1n) is 13.2. The molecule has 0 spiro atoms. The molecule has 0 aliphatic heterocycles. The maximum atomic E-state index is 12.0. The second kappa shape index (κ2) is 24.1. The van der Waals surface area contributed by atoms with Gasteiger partial charge in [0.2, 0.25) is 0 Å². The Kier molecular flexibility index (Phi) is 20.4. The van der Waals surface area contributed by atoms with Crippen molar-refractivity contribution in [1.82, 2.24) is 0 Å². The van der Waals surface area contributed by atoms with Crippen molar-refractivity contribution in [2.45, 2.75) is 25.7 Å². The standard InChI is InChI=1S/C20H19O5.C13H15O3.Co.O/c1-2-19(21)24-15-7-6-14-23-17-12-10-16(11-13-17)20(22)25-18-8-4-3-5-9-18;1-2-13(14)16-11-7-6-10-15-12-8-4-3-5-9-12;;/h2,4-5,8-13H,1,6-7,14-15H2;2,4-5,8-9H,1,6-7,10-11H2;;/q2*-1;;. The Morgan fingerprint density at radius 2 is 1.00 bits per heavy atom. The molecule has 43 heavy (non-hydrogen) atoms. The summed E-state index contributed by atoms with van der Waals surface area (Å²) in [5.41, 5.74) is 0.441. The summed E-state index contributed by atoms with van der Waals surface area (Å²) >= 11 is 2.31. The van der Waals surface area contributed by atoms with E-state index >= 15 is 0 Å². The van der Waals surface area contributed by atoms with Crippen LogP contribution in [0.4, 0.5) is 0 Å². The van der Waals surface area contributed by atoms with Crippen molar-refractivity contribution >= 4 is 17.9 Å². The van der Waals surface area contributed by atoms with Crippen LogP contribution in [0, 0.1) is 12.1 Å². The number of unbranched alkanes of at least 4 members (excludes halogenated alkanes) is 2. The van der Waals surface area contributed by atoms with E-state index in [4.69, 9.17) is 27.6 Å². The number of carbonyl (C=O) groups excluding carboxylic acids is 3. The number of benzene rings is 3. The number of esters is 3. The summed E-state index contributed by atoms with van der Waals surface area (Å²) in [5, 5.41) is 0. The molecule has 0 fully saturated rings. The third kappa shape index (κ3) is 17.8. The van der Waals surface area contributed by atoms with E-state index in [-0.39, 0.29) is 5.97 Å². The van der Waals surface area contributed by atoms with Crippen LogP contribution in [0.15, 0.2) is 98.1 Å². The molecular weight excluding hydrogens is 599 g/mol. The van der Waals surface area contributed by atoms with Gasteiger partial charge in [0, 0.05) is 23.7 Å². The van der Waals surface area contributed by atoms with E-state index < -0.39 is 11.9 Å². The Balaban J connectivity index is 0.000000443. The summed E-state index contributed by atoms with van der Waals surface area (Å²) in [7, 11) is 0. The molecule has 0 radical (unpaired) electrons. The fourth-order valence-electron chi connectivity index (χ4n) is 3.01. The third-order valence-electron chi connectivity index (χ3n) is 5.11. The molecule has 9 nitrogen and oxygen atoms in total. The number of carbonyl (C=O) groups is 3. The van der Waals surface area contributed by atoms with Crippen LogP contribution in [0.3, 0.4) is 0 Å². The fraction of sp³-hybridized carbons (Fsp3) is 0.242. The Morgan fingerprint density at radius 1 is 0.605 bits per heavy atom. The number of rotatable bonds is 16. The zero-order chi connectivity index (χ0) is 31.5. The van der Waals surface area contributed by atoms with Crippen molar-refractivity contribution in [3.05, 3.63) is 116 Å². The molecule has 3 rings (SSSR count). The molecule has 3 aromatic carbocycles. The maximum absolute atomic E-state index is 12.0. The minimum absolute atomic E-state index is 0.343. The fourth-order valence-corrected chi connectivity index (χ4v) is 3.01. The predicted octanol–water partition coefficient (Wildman–Crippen LogP) is 5.85. The Labute approximate surface area is 260 Å². The van der Waals surface area contributed by atoms with E-state index in [1.165, 1.54) is 0 Å². The Hall–Kier alpha value is -4.54. The molecule has 0 bridgehead atoms. The number of hydrogen-bond acceptors (Lipinski definition) is 9. The summed E-state index contributed by atoms with van der Waals surface area (Å²) in [6, 6.07) is 26.5. The van der Waals surface area contributed by atoms with Gasteiger partial charge in [-0.15, -0.1) is 24.3 Å². The molecule has 0 saturated heterocycles. The van der Waals surface area contributed by atoms with Gasteiger partial charge in [-0.2, -0.15) is 36.4 Å². The Morgan fingerprint density at radius 3 is 1.44 bits per heavy atom. The van der Waals surface area contributed by atoms with E-state index in [9.17, 15) is 14.4 Å². The van der Waals surface area contributed by atoms with Crippen LogP contribution in [0.25, 0.3) is 0 Å². The van der Waals surface area contributed by atoms with Crippen LogP contribution in [-0.2, 0) is 38.6 Å². The summed E-state index contributed by atoms with van der Waals surface area (Å²) in [6.45, 7) is 8.51. The molecule has 0 N–H and O–H groups in total. The van der Waals surface area contributed by atoms with Gasteiger partial charge in [-0.3, -0.25) is 0 Å². The molecule has 10 heteroatoms. The zero-order valence-electron chi connectivity index (χ0n) is 23.7. The normalized spacial score (nSPS) is 9.42. The molecule has 0 aliphatic carbocycles. The third-order valence-corrected chi connectivity index (χ3v) is 5.11. The average molecular weight is 634 g/mol. The van der Waals surface area contributed by atoms with E-state index in [0.29, 0.717) is 49.9 Å². The van der Waals surface area contributed by atoms with Crippen LogP contribution in [-0.4, -0.2) is 44.3 Å². The first-order valence-corrected chi connectivity index (χ1v) is 13.7. The van der Waals surface area contributed by atoms with E-state index in [0.717, 1.165) is 37.2 Å². The van der Waals surface area contributed by atoms with Crippen LogP contribution >= 0.6 is 0 Å². The molecule has 231 valence electrons. The van der Waals surface area contributed by atoms with E-state index in [2.05, 4.69) is 41.0 Å². The molecular formula is C33H34CoO9-2. The van der Waals surface area contributed by atoms with Crippen molar-refractivity contribution in [2.24, 2.45) is 0 Å². The van der Waals surface area contributed by atoms with Gasteiger partial charge in [0.05, 0.1) is 32.0 Å². The van der Waals surface area contributed by atoms with Gasteiger partial charge in [0.25, 0.3) is 0 Å². The van der Waals surface area contributed by atoms with Crippen LogP contribution < -0.4 is 14.2 Å². The summed E-state index contributed by atoms with van der Waals surface area (Å²) < 4.78 is 33.9. The first-order chi connectivity index (χ1) is 21.0. The van der Waals surface area contributed by atoms with Gasteiger partial charge in [0.15, 0.2) is 0 Å². The monoisotopic (exact) mass is 633 g/mol. The number of hydrogen-bond donors (Lipinski definition) is 0. The molecule has 0 atom stereocenters. The van der Waals surface area contributed by atoms with Crippen molar-refractivity contribution in [2.75, 3.05) is 26.4 Å². The molecule has 0 aliphatic rings. The first kappa shape index (κ1) is 36.5.